The van der Waals surface area contributed by atoms with Gasteiger partial charge in [-0.2, -0.15) is 4.98 Å². The summed E-state index contributed by atoms with van der Waals surface area (Å²) in [5.74, 6) is 1.71. The zero-order valence-electron chi connectivity index (χ0n) is 20.1. The number of carbonyl (C=O) groups excluding carboxylic acids is 1. The van der Waals surface area contributed by atoms with Crippen molar-refractivity contribution in [3.63, 3.8) is 0 Å². The normalized spacial score (nSPS) is 16.7. The van der Waals surface area contributed by atoms with Gasteiger partial charge in [0.2, 0.25) is 17.4 Å². The maximum absolute atomic E-state index is 13.6. The predicted octanol–water partition coefficient (Wildman–Crippen LogP) is 4.24. The molecule has 1 atom stereocenters. The van der Waals surface area contributed by atoms with Crippen molar-refractivity contribution in [2.45, 2.75) is 37.8 Å². The summed E-state index contributed by atoms with van der Waals surface area (Å²) in [4.78, 5) is 22.4. The van der Waals surface area contributed by atoms with Crippen molar-refractivity contribution in [1.82, 2.24) is 19.7 Å². The van der Waals surface area contributed by atoms with Crippen LogP contribution in [-0.4, -0.2) is 44.8 Å². The number of fused-ring (bicyclic) bond motifs is 1. The number of nitrogens with zero attached hydrogens (tertiary/aromatic N) is 4. The topological polar surface area (TPSA) is 112 Å². The highest BCUT2D eigenvalue weighted by Gasteiger charge is 2.34. The number of aromatic nitrogens is 4. The van der Waals surface area contributed by atoms with E-state index in [-0.39, 0.29) is 12.2 Å². The summed E-state index contributed by atoms with van der Waals surface area (Å²) in [7, 11) is 1.62. The Morgan fingerprint density at radius 1 is 1.22 bits per heavy atom. The number of aryl methyl sites for hydroxylation is 1. The number of hydrogen-bond acceptors (Lipinski definition) is 9. The van der Waals surface area contributed by atoms with Crippen molar-refractivity contribution in [3.8, 4) is 5.75 Å². The van der Waals surface area contributed by atoms with Crippen molar-refractivity contribution < 1.29 is 19.0 Å². The molecule has 3 aromatic rings. The van der Waals surface area contributed by atoms with Crippen LogP contribution in [0.15, 0.2) is 71.7 Å². The lowest BCUT2D eigenvalue weighted by molar-refractivity contribution is -0.113. The Morgan fingerprint density at radius 2 is 2.06 bits per heavy atom. The second-order valence-electron chi connectivity index (χ2n) is 8.32. The fourth-order valence-electron chi connectivity index (χ4n) is 4.08. The van der Waals surface area contributed by atoms with Gasteiger partial charge in [0.1, 0.15) is 24.3 Å². The summed E-state index contributed by atoms with van der Waals surface area (Å²) in [5, 5.41) is 11.6. The number of methoxy groups -OCH3 is 1. The Hall–Kier alpha value is -3.99. The summed E-state index contributed by atoms with van der Waals surface area (Å²) < 4.78 is 17.9. The molecule has 2 aliphatic heterocycles. The van der Waals surface area contributed by atoms with E-state index in [0.717, 1.165) is 11.1 Å². The minimum atomic E-state index is -0.512. The van der Waals surface area contributed by atoms with E-state index in [1.54, 1.807) is 36.7 Å². The Bertz CT molecular complexity index is 1330. The molecule has 0 aliphatic carbocycles. The van der Waals surface area contributed by atoms with Crippen LogP contribution >= 0.6 is 11.8 Å². The fourth-order valence-corrected chi connectivity index (χ4v) is 4.87. The van der Waals surface area contributed by atoms with E-state index < -0.39 is 6.04 Å². The lowest BCUT2D eigenvalue weighted by Gasteiger charge is -2.28. The van der Waals surface area contributed by atoms with Gasteiger partial charge in [-0.3, -0.25) is 9.78 Å². The van der Waals surface area contributed by atoms with Crippen LogP contribution in [0.25, 0.3) is 0 Å². The molecule has 4 heterocycles. The first-order valence-corrected chi connectivity index (χ1v) is 12.4. The van der Waals surface area contributed by atoms with Crippen LogP contribution in [0.3, 0.4) is 0 Å². The molecule has 0 spiro atoms. The maximum Gasteiger partial charge on any atom is 0.255 e. The van der Waals surface area contributed by atoms with E-state index >= 15 is 0 Å². The number of benzene rings is 1. The van der Waals surface area contributed by atoms with Crippen molar-refractivity contribution in [2.24, 2.45) is 0 Å². The summed E-state index contributed by atoms with van der Waals surface area (Å²) in [5.41, 5.74) is 3.64. The lowest BCUT2D eigenvalue weighted by Crippen LogP contribution is -2.31. The van der Waals surface area contributed by atoms with Crippen molar-refractivity contribution in [1.29, 1.82) is 0 Å². The summed E-state index contributed by atoms with van der Waals surface area (Å²) in [6.07, 6.45) is 6.85. The Balaban J connectivity index is 1.45. The van der Waals surface area contributed by atoms with Gasteiger partial charge in [0.05, 0.1) is 24.6 Å². The van der Waals surface area contributed by atoms with E-state index in [2.05, 4.69) is 20.6 Å². The van der Waals surface area contributed by atoms with Crippen molar-refractivity contribution in [2.75, 3.05) is 23.5 Å². The molecule has 1 amide bonds. The third-order valence-electron chi connectivity index (χ3n) is 5.72. The van der Waals surface area contributed by atoms with E-state index in [1.807, 2.05) is 44.2 Å². The first kappa shape index (κ1) is 23.7. The molecule has 36 heavy (non-hydrogen) atoms. The Kier molecular flexibility index (Phi) is 6.81. The van der Waals surface area contributed by atoms with Crippen LogP contribution in [0.2, 0.25) is 0 Å². The number of pyridine rings is 1. The molecule has 0 radical (unpaired) electrons. The smallest absolute Gasteiger partial charge is 0.255 e. The summed E-state index contributed by atoms with van der Waals surface area (Å²) >= 11 is 1.50. The van der Waals surface area contributed by atoms with Crippen LogP contribution < -0.4 is 15.4 Å². The highest BCUT2D eigenvalue weighted by atomic mass is 32.2. The number of amides is 1. The number of nitrogens with one attached hydrogen (secondary N) is 2. The summed E-state index contributed by atoms with van der Waals surface area (Å²) in [6, 6.07) is 8.98. The van der Waals surface area contributed by atoms with Crippen LogP contribution in [-0.2, 0) is 14.3 Å². The number of thioether (sulfide) groups is 1. The van der Waals surface area contributed by atoms with Gasteiger partial charge in [-0.05, 0) is 43.2 Å². The number of rotatable bonds is 8. The highest BCUT2D eigenvalue weighted by molar-refractivity contribution is 7.99. The fraction of sp³-hybridized carbons (Fsp3) is 0.280. The first-order valence-electron chi connectivity index (χ1n) is 11.4. The average molecular weight is 507 g/mol. The largest absolute Gasteiger partial charge is 0.497 e. The number of carbonyl (C=O) groups is 1. The van der Waals surface area contributed by atoms with Gasteiger partial charge in [0.25, 0.3) is 5.91 Å². The average Bonchev–Trinajstić information content (AvgIpc) is 3.53. The molecule has 5 rings (SSSR count). The Morgan fingerprint density at radius 3 is 2.83 bits per heavy atom. The highest BCUT2D eigenvalue weighted by Crippen LogP contribution is 2.37. The standard InChI is InChI=1S/C25H26N6O4S/c1-15-11-18(14-26-13-15)28-23(32)21-16(2)27-24-29-25(36-10-7-20-34-8-9-35-20)30-31(24)22(21)17-5-4-6-19(12-17)33-3/h4-6,8-9,11-14,20,22H,7,10H2,1-3H3,(H,28,32)(H,27,29,30). The molecule has 2 aromatic heterocycles. The molecule has 186 valence electrons. The van der Waals surface area contributed by atoms with Crippen LogP contribution in [0, 0.1) is 6.92 Å². The van der Waals surface area contributed by atoms with Gasteiger partial charge in [-0.25, -0.2) is 4.68 Å². The molecular weight excluding hydrogens is 480 g/mol. The molecule has 0 fully saturated rings. The van der Waals surface area contributed by atoms with E-state index in [0.29, 0.717) is 46.0 Å². The molecule has 0 saturated carbocycles. The van der Waals surface area contributed by atoms with Crippen molar-refractivity contribution >= 4 is 29.3 Å². The molecule has 1 unspecified atom stereocenters. The number of ether oxygens (including phenoxy) is 3. The van der Waals surface area contributed by atoms with E-state index in [9.17, 15) is 4.79 Å². The predicted molar refractivity (Wildman–Crippen MR) is 136 cm³/mol. The SMILES string of the molecule is COc1cccc(C2C(C(=O)Nc3cncc(C)c3)=C(C)Nc3nc(SCCC4OC=CO4)nn32)c1. The van der Waals surface area contributed by atoms with Crippen LogP contribution in [0.4, 0.5) is 11.6 Å². The molecule has 10 nitrogen and oxygen atoms in total. The Labute approximate surface area is 212 Å². The van der Waals surface area contributed by atoms with E-state index in [1.165, 1.54) is 11.8 Å². The number of hydrogen-bond donors (Lipinski definition) is 2. The van der Waals surface area contributed by atoms with Gasteiger partial charge in [0, 0.05) is 24.1 Å². The third kappa shape index (κ3) is 5.01. The van der Waals surface area contributed by atoms with Gasteiger partial charge < -0.3 is 24.8 Å². The van der Waals surface area contributed by atoms with Crippen LogP contribution in [0.1, 0.15) is 30.5 Å². The quantitative estimate of drug-likeness (QED) is 0.433. The maximum atomic E-state index is 13.6. The van der Waals surface area contributed by atoms with E-state index in [4.69, 9.17) is 19.3 Å². The second-order valence-corrected chi connectivity index (χ2v) is 9.38. The van der Waals surface area contributed by atoms with Gasteiger partial charge >= 0.3 is 0 Å². The summed E-state index contributed by atoms with van der Waals surface area (Å²) in [6.45, 7) is 3.79. The number of anilines is 2. The molecule has 0 saturated heterocycles. The third-order valence-corrected chi connectivity index (χ3v) is 6.59. The minimum Gasteiger partial charge on any atom is -0.497 e. The molecule has 2 N–H and O–H groups in total. The molecule has 2 aliphatic rings. The van der Waals surface area contributed by atoms with Crippen LogP contribution in [0.5, 0.6) is 5.75 Å². The van der Waals surface area contributed by atoms with Crippen molar-refractivity contribution in [3.05, 3.63) is 77.6 Å². The second kappa shape index (κ2) is 10.3. The number of allylic oxidation sites excluding steroid dienone is 1. The minimum absolute atomic E-state index is 0.251. The molecule has 0 bridgehead atoms. The van der Waals surface area contributed by atoms with Gasteiger partial charge in [-0.15, -0.1) is 5.10 Å². The molecular formula is C25H26N6O4S. The monoisotopic (exact) mass is 506 g/mol. The zero-order valence-corrected chi connectivity index (χ0v) is 20.9. The zero-order chi connectivity index (χ0) is 25.1. The molecule has 1 aromatic carbocycles. The van der Waals surface area contributed by atoms with Gasteiger partial charge in [-0.1, -0.05) is 23.9 Å². The first-order chi connectivity index (χ1) is 17.5. The lowest BCUT2D eigenvalue weighted by atomic mass is 9.95. The van der Waals surface area contributed by atoms with Gasteiger partial charge in [0.15, 0.2) is 0 Å². The molecule has 11 heteroatoms.